The van der Waals surface area contributed by atoms with Gasteiger partial charge in [0.05, 0.1) is 12.5 Å². The summed E-state index contributed by atoms with van der Waals surface area (Å²) >= 11 is 1.17. The van der Waals surface area contributed by atoms with Crippen LogP contribution in [0.5, 0.6) is 11.5 Å². The number of carbonyl (C=O) groups is 3. The van der Waals surface area contributed by atoms with Crippen molar-refractivity contribution in [3.63, 3.8) is 0 Å². The molecule has 9 nitrogen and oxygen atoms in total. The molecular formula is C20H21N3O6S. The molecule has 1 N–H and O–H groups in total. The predicted molar refractivity (Wildman–Crippen MR) is 108 cm³/mol. The molecule has 1 aromatic carbocycles. The second-order valence-electron chi connectivity index (χ2n) is 6.90. The lowest BCUT2D eigenvalue weighted by Crippen LogP contribution is -2.43. The van der Waals surface area contributed by atoms with E-state index in [1.165, 1.54) is 11.3 Å². The normalized spacial score (nSPS) is 17.5. The first-order chi connectivity index (χ1) is 14.5. The van der Waals surface area contributed by atoms with Crippen LogP contribution in [0.15, 0.2) is 23.6 Å². The Morgan fingerprint density at radius 2 is 2.13 bits per heavy atom. The van der Waals surface area contributed by atoms with Crippen molar-refractivity contribution in [2.24, 2.45) is 5.92 Å². The maximum Gasteiger partial charge on any atom is 0.310 e. The maximum atomic E-state index is 12.8. The summed E-state index contributed by atoms with van der Waals surface area (Å²) in [6.45, 7) is 3.09. The number of esters is 1. The summed E-state index contributed by atoms with van der Waals surface area (Å²) in [6.07, 6.45) is 1.43. The highest BCUT2D eigenvalue weighted by Gasteiger charge is 2.30. The number of rotatable bonds is 5. The van der Waals surface area contributed by atoms with E-state index in [9.17, 15) is 14.4 Å². The molecule has 2 amide bonds. The van der Waals surface area contributed by atoms with Gasteiger partial charge in [-0.25, -0.2) is 4.98 Å². The van der Waals surface area contributed by atoms with E-state index in [2.05, 4.69) is 10.3 Å². The van der Waals surface area contributed by atoms with Crippen molar-refractivity contribution in [2.45, 2.75) is 19.8 Å². The molecule has 0 spiro atoms. The molecule has 0 aliphatic carbocycles. The molecule has 2 aromatic rings. The molecule has 0 radical (unpaired) electrons. The smallest absolute Gasteiger partial charge is 0.310 e. The third kappa shape index (κ3) is 4.23. The van der Waals surface area contributed by atoms with Gasteiger partial charge in [0.25, 0.3) is 11.8 Å². The van der Waals surface area contributed by atoms with E-state index < -0.39 is 0 Å². The number of aromatic nitrogens is 1. The number of hydrogen-bond donors (Lipinski definition) is 1. The quantitative estimate of drug-likeness (QED) is 0.725. The number of thiazole rings is 1. The summed E-state index contributed by atoms with van der Waals surface area (Å²) in [6, 6.07) is 4.90. The van der Waals surface area contributed by atoms with Crippen LogP contribution in [0.25, 0.3) is 0 Å². The van der Waals surface area contributed by atoms with Gasteiger partial charge in [0, 0.05) is 24.0 Å². The van der Waals surface area contributed by atoms with Crippen LogP contribution in [-0.4, -0.2) is 54.2 Å². The Morgan fingerprint density at radius 1 is 1.30 bits per heavy atom. The first-order valence-electron chi connectivity index (χ1n) is 9.67. The van der Waals surface area contributed by atoms with E-state index in [4.69, 9.17) is 14.2 Å². The number of nitrogens with one attached hydrogen (secondary N) is 1. The van der Waals surface area contributed by atoms with Crippen LogP contribution in [0.2, 0.25) is 0 Å². The number of likely N-dealkylation sites (tertiary alicyclic amines) is 1. The Hall–Kier alpha value is -3.14. The van der Waals surface area contributed by atoms with Crippen LogP contribution in [0.3, 0.4) is 0 Å². The van der Waals surface area contributed by atoms with Gasteiger partial charge in [-0.15, -0.1) is 11.3 Å². The molecule has 4 rings (SSSR count). The largest absolute Gasteiger partial charge is 0.466 e. The van der Waals surface area contributed by atoms with E-state index in [0.717, 1.165) is 6.42 Å². The van der Waals surface area contributed by atoms with E-state index in [0.29, 0.717) is 48.3 Å². The number of carbonyl (C=O) groups excluding carboxylic acids is 3. The van der Waals surface area contributed by atoms with Crippen LogP contribution < -0.4 is 14.8 Å². The van der Waals surface area contributed by atoms with Gasteiger partial charge in [-0.1, -0.05) is 0 Å². The van der Waals surface area contributed by atoms with Crippen molar-refractivity contribution >= 4 is 34.3 Å². The van der Waals surface area contributed by atoms with Crippen LogP contribution in [0, 0.1) is 5.92 Å². The lowest BCUT2D eigenvalue weighted by molar-refractivity contribution is -0.149. The molecule has 3 heterocycles. The first-order valence-corrected chi connectivity index (χ1v) is 10.6. The number of benzene rings is 1. The highest BCUT2D eigenvalue weighted by Crippen LogP contribution is 2.32. The lowest BCUT2D eigenvalue weighted by Gasteiger charge is -2.31. The Morgan fingerprint density at radius 3 is 2.97 bits per heavy atom. The maximum absolute atomic E-state index is 12.8. The highest BCUT2D eigenvalue weighted by molar-refractivity contribution is 7.14. The third-order valence-electron chi connectivity index (χ3n) is 4.91. The zero-order chi connectivity index (χ0) is 21.1. The summed E-state index contributed by atoms with van der Waals surface area (Å²) in [5, 5.41) is 4.62. The lowest BCUT2D eigenvalue weighted by atomic mass is 9.98. The first kappa shape index (κ1) is 20.1. The van der Waals surface area contributed by atoms with Crippen molar-refractivity contribution in [3.05, 3.63) is 34.8 Å². The molecule has 1 aromatic heterocycles. The van der Waals surface area contributed by atoms with Gasteiger partial charge < -0.3 is 19.1 Å². The molecule has 1 fully saturated rings. The molecular weight excluding hydrogens is 410 g/mol. The average Bonchev–Trinajstić information content (AvgIpc) is 3.42. The minimum atomic E-state index is -0.359. The molecule has 1 atom stereocenters. The monoisotopic (exact) mass is 431 g/mol. The predicted octanol–water partition coefficient (Wildman–Crippen LogP) is 2.54. The molecule has 2 aliphatic heterocycles. The molecule has 2 aliphatic rings. The fourth-order valence-corrected chi connectivity index (χ4v) is 4.09. The van der Waals surface area contributed by atoms with Crippen LogP contribution in [0.1, 0.15) is 40.6 Å². The zero-order valence-corrected chi connectivity index (χ0v) is 17.2. The Labute approximate surface area is 176 Å². The van der Waals surface area contributed by atoms with Gasteiger partial charge in [0.15, 0.2) is 16.6 Å². The van der Waals surface area contributed by atoms with Gasteiger partial charge >= 0.3 is 5.97 Å². The Balaban J connectivity index is 1.39. The highest BCUT2D eigenvalue weighted by atomic mass is 32.1. The van der Waals surface area contributed by atoms with Crippen LogP contribution in [0.4, 0.5) is 5.13 Å². The minimum absolute atomic E-state index is 0.131. The second-order valence-corrected chi connectivity index (χ2v) is 7.76. The number of hydrogen-bond acceptors (Lipinski definition) is 8. The topological polar surface area (TPSA) is 107 Å². The summed E-state index contributed by atoms with van der Waals surface area (Å²) < 4.78 is 15.6. The van der Waals surface area contributed by atoms with Crippen LogP contribution in [-0.2, 0) is 9.53 Å². The van der Waals surface area contributed by atoms with E-state index in [1.54, 1.807) is 35.4 Å². The van der Waals surface area contributed by atoms with Crippen molar-refractivity contribution < 1.29 is 28.6 Å². The third-order valence-corrected chi connectivity index (χ3v) is 5.66. The molecule has 0 bridgehead atoms. The molecule has 1 saturated heterocycles. The van der Waals surface area contributed by atoms with Crippen LogP contribution >= 0.6 is 11.3 Å². The number of piperidine rings is 1. The average molecular weight is 431 g/mol. The number of nitrogens with zero attached hydrogens (tertiary/aromatic N) is 2. The van der Waals surface area contributed by atoms with Gasteiger partial charge in [-0.2, -0.15) is 0 Å². The Bertz CT molecular complexity index is 975. The van der Waals surface area contributed by atoms with Gasteiger partial charge in [0.1, 0.15) is 5.69 Å². The molecule has 0 saturated carbocycles. The fourth-order valence-electron chi connectivity index (χ4n) is 3.41. The minimum Gasteiger partial charge on any atom is -0.466 e. The zero-order valence-electron chi connectivity index (χ0n) is 16.4. The molecule has 158 valence electrons. The molecule has 0 unspecified atom stereocenters. The van der Waals surface area contributed by atoms with Crippen molar-refractivity contribution in [1.82, 2.24) is 9.88 Å². The summed E-state index contributed by atoms with van der Waals surface area (Å²) in [4.78, 5) is 43.1. The van der Waals surface area contributed by atoms with Gasteiger partial charge in [0.2, 0.25) is 6.79 Å². The number of ether oxygens (including phenoxy) is 3. The summed E-state index contributed by atoms with van der Waals surface area (Å²) in [5.74, 6) is -0.0995. The second kappa shape index (κ2) is 8.70. The number of fused-ring (bicyclic) bond motifs is 1. The SMILES string of the molecule is CCOC(=O)[C@H]1CCCN(C(=O)c2csc(NC(=O)c3ccc4c(c3)OCO4)n2)C1. The van der Waals surface area contributed by atoms with Crippen molar-refractivity contribution in [2.75, 3.05) is 31.8 Å². The summed E-state index contributed by atoms with van der Waals surface area (Å²) in [7, 11) is 0. The van der Waals surface area contributed by atoms with E-state index in [-0.39, 0.29) is 36.2 Å². The number of amides is 2. The van der Waals surface area contributed by atoms with E-state index in [1.807, 2.05) is 0 Å². The standard InChI is InChI=1S/C20H21N3O6S/c1-2-27-19(26)13-4-3-7-23(9-13)18(25)14-10-30-20(21-14)22-17(24)12-5-6-15-16(8-12)29-11-28-15/h5-6,8,10,13H,2-4,7,9,11H2,1H3,(H,21,22,24)/t13-/m0/s1. The van der Waals surface area contributed by atoms with Gasteiger partial charge in [-0.05, 0) is 38.0 Å². The number of anilines is 1. The molecule has 10 heteroatoms. The molecule has 30 heavy (non-hydrogen) atoms. The van der Waals surface area contributed by atoms with Crippen molar-refractivity contribution in [1.29, 1.82) is 0 Å². The Kier molecular flexibility index (Phi) is 5.84. The van der Waals surface area contributed by atoms with E-state index >= 15 is 0 Å². The fraction of sp³-hybridized carbons (Fsp3) is 0.400. The van der Waals surface area contributed by atoms with Crippen molar-refractivity contribution in [3.8, 4) is 11.5 Å². The summed E-state index contributed by atoms with van der Waals surface area (Å²) in [5.41, 5.74) is 0.640. The van der Waals surface area contributed by atoms with Gasteiger partial charge in [-0.3, -0.25) is 19.7 Å².